The van der Waals surface area contributed by atoms with E-state index in [1.165, 1.54) is 16.2 Å². The second kappa shape index (κ2) is 7.32. The Hall–Kier alpha value is -3.00. The topological polar surface area (TPSA) is 25.8 Å². The third-order valence-corrected chi connectivity index (χ3v) is 3.61. The molecule has 0 aliphatic heterocycles. The Morgan fingerprint density at radius 1 is 0.739 bits per heavy atom. The van der Waals surface area contributed by atoms with Gasteiger partial charge in [-0.2, -0.15) is 0 Å². The average molecular weight is 298 g/mol. The van der Waals surface area contributed by atoms with Gasteiger partial charge in [0.25, 0.3) is 0 Å². The summed E-state index contributed by atoms with van der Waals surface area (Å²) in [6.45, 7) is 3.72. The Bertz CT molecular complexity index is 858. The fourth-order valence-electron chi connectivity index (χ4n) is 2.50. The third kappa shape index (κ3) is 3.61. The average Bonchev–Trinajstić information content (AvgIpc) is 2.63. The van der Waals surface area contributed by atoms with E-state index < -0.39 is 0 Å². The smallest absolute Gasteiger partial charge is 0.0701 e. The molecule has 2 aromatic carbocycles. The molecular weight excluding hydrogens is 280 g/mol. The summed E-state index contributed by atoms with van der Waals surface area (Å²) in [5, 5.41) is 3.67. The summed E-state index contributed by atoms with van der Waals surface area (Å²) in [6, 6.07) is 22.4. The van der Waals surface area contributed by atoms with Crippen molar-refractivity contribution < 1.29 is 0 Å². The van der Waals surface area contributed by atoms with Crippen molar-refractivity contribution in [2.24, 2.45) is 0 Å². The summed E-state index contributed by atoms with van der Waals surface area (Å²) in [4.78, 5) is 8.51. The first-order valence-corrected chi connectivity index (χ1v) is 7.62. The number of hydrogen-bond acceptors (Lipinski definition) is 2. The highest BCUT2D eigenvalue weighted by molar-refractivity contribution is 5.84. The number of nitrogens with zero attached hydrogens (tertiary/aromatic N) is 2. The fraction of sp³-hybridized carbons (Fsp3) is 0.0476. The molecule has 0 spiro atoms. The normalized spacial score (nSPS) is 10.1. The van der Waals surface area contributed by atoms with Crippen molar-refractivity contribution in [3.63, 3.8) is 0 Å². The minimum atomic E-state index is 0.835. The molecule has 0 fully saturated rings. The largest absolute Gasteiger partial charge is 0.260 e. The molecule has 0 atom stereocenters. The van der Waals surface area contributed by atoms with E-state index in [0.29, 0.717) is 0 Å². The van der Waals surface area contributed by atoms with Crippen molar-refractivity contribution in [2.75, 3.05) is 0 Å². The van der Waals surface area contributed by atoms with Gasteiger partial charge in [-0.15, -0.1) is 6.58 Å². The molecule has 0 saturated carbocycles. The molecule has 0 bridgehead atoms. The highest BCUT2D eigenvalue weighted by atomic mass is 14.7. The maximum absolute atomic E-state index is 4.33. The second-order valence-electron chi connectivity index (χ2n) is 5.17. The molecule has 4 aromatic rings. The van der Waals surface area contributed by atoms with Crippen LogP contribution < -0.4 is 0 Å². The number of hydrogen-bond donors (Lipinski definition) is 0. The minimum Gasteiger partial charge on any atom is -0.260 e. The van der Waals surface area contributed by atoms with Crippen LogP contribution in [0, 0.1) is 0 Å². The third-order valence-electron chi connectivity index (χ3n) is 3.61. The van der Waals surface area contributed by atoms with Crippen LogP contribution in [0.25, 0.3) is 21.7 Å². The van der Waals surface area contributed by atoms with Crippen LogP contribution in [0.3, 0.4) is 0 Å². The van der Waals surface area contributed by atoms with E-state index in [2.05, 4.69) is 40.8 Å². The quantitative estimate of drug-likeness (QED) is 0.475. The fourth-order valence-corrected chi connectivity index (χ4v) is 2.50. The first-order valence-electron chi connectivity index (χ1n) is 7.62. The Labute approximate surface area is 136 Å². The van der Waals surface area contributed by atoms with E-state index in [1.54, 1.807) is 0 Å². The molecule has 4 rings (SSSR count). The summed E-state index contributed by atoms with van der Waals surface area (Å²) in [5.41, 5.74) is 2.16. The van der Waals surface area contributed by atoms with Gasteiger partial charge in [-0.3, -0.25) is 9.97 Å². The number of fused-ring (bicyclic) bond motifs is 2. The lowest BCUT2D eigenvalue weighted by atomic mass is 10.1. The van der Waals surface area contributed by atoms with Gasteiger partial charge in [0.05, 0.1) is 11.2 Å². The van der Waals surface area contributed by atoms with E-state index in [0.717, 1.165) is 17.6 Å². The maximum atomic E-state index is 4.33. The summed E-state index contributed by atoms with van der Waals surface area (Å²) < 4.78 is 0. The molecule has 0 saturated heterocycles. The summed E-state index contributed by atoms with van der Waals surface area (Å²) in [6.07, 6.45) is 6.37. The standard InChI is InChI=1S/C12H11N.C9H7N/c1-2-5-12-11-7-4-3-6-10(11)8-9-13-12;1-2-6-9-8(4-1)5-3-7-10-9/h2-4,6-9H,1,5H2;1-7H. The first-order chi connectivity index (χ1) is 11.4. The zero-order valence-electron chi connectivity index (χ0n) is 12.9. The van der Waals surface area contributed by atoms with Crippen molar-refractivity contribution >= 4 is 21.7 Å². The molecular formula is C21H18N2. The van der Waals surface area contributed by atoms with E-state index >= 15 is 0 Å². The number of pyridine rings is 2. The number of rotatable bonds is 2. The predicted octanol–water partition coefficient (Wildman–Crippen LogP) is 5.20. The number of allylic oxidation sites excluding steroid dienone is 1. The minimum absolute atomic E-state index is 0.835. The lowest BCUT2D eigenvalue weighted by molar-refractivity contribution is 1.14. The van der Waals surface area contributed by atoms with Crippen molar-refractivity contribution in [1.29, 1.82) is 0 Å². The molecule has 112 valence electrons. The molecule has 0 N–H and O–H groups in total. The number of para-hydroxylation sites is 1. The van der Waals surface area contributed by atoms with Crippen molar-refractivity contribution in [1.82, 2.24) is 9.97 Å². The van der Waals surface area contributed by atoms with Gasteiger partial charge < -0.3 is 0 Å². The molecule has 0 radical (unpaired) electrons. The molecule has 0 aliphatic rings. The van der Waals surface area contributed by atoms with Crippen LogP contribution in [0.5, 0.6) is 0 Å². The van der Waals surface area contributed by atoms with E-state index in [1.807, 2.05) is 60.9 Å². The first kappa shape index (κ1) is 14.9. The zero-order valence-corrected chi connectivity index (χ0v) is 12.9. The molecule has 0 amide bonds. The molecule has 2 heteroatoms. The van der Waals surface area contributed by atoms with Crippen molar-refractivity contribution in [2.45, 2.75) is 6.42 Å². The Kier molecular flexibility index (Phi) is 4.75. The van der Waals surface area contributed by atoms with E-state index in [4.69, 9.17) is 0 Å². The molecule has 2 nitrogen and oxygen atoms in total. The van der Waals surface area contributed by atoms with Crippen LogP contribution in [0.15, 0.2) is 91.8 Å². The van der Waals surface area contributed by atoms with Crippen LogP contribution in [-0.2, 0) is 6.42 Å². The van der Waals surface area contributed by atoms with Crippen LogP contribution in [0.2, 0.25) is 0 Å². The molecule has 2 heterocycles. The number of benzene rings is 2. The van der Waals surface area contributed by atoms with Gasteiger partial charge in [-0.1, -0.05) is 54.6 Å². The van der Waals surface area contributed by atoms with Gasteiger partial charge in [-0.05, 0) is 23.6 Å². The lowest BCUT2D eigenvalue weighted by Gasteiger charge is -2.01. The van der Waals surface area contributed by atoms with Gasteiger partial charge >= 0.3 is 0 Å². The van der Waals surface area contributed by atoms with Crippen LogP contribution in [0.1, 0.15) is 5.69 Å². The van der Waals surface area contributed by atoms with Crippen LogP contribution in [-0.4, -0.2) is 9.97 Å². The molecule has 2 aromatic heterocycles. The molecule has 0 aliphatic carbocycles. The van der Waals surface area contributed by atoms with Crippen molar-refractivity contribution in [3.05, 3.63) is 97.5 Å². The Morgan fingerprint density at radius 3 is 2.30 bits per heavy atom. The Morgan fingerprint density at radius 2 is 1.48 bits per heavy atom. The lowest BCUT2D eigenvalue weighted by Crippen LogP contribution is -1.88. The van der Waals surface area contributed by atoms with E-state index in [9.17, 15) is 0 Å². The second-order valence-corrected chi connectivity index (χ2v) is 5.17. The van der Waals surface area contributed by atoms with Gasteiger partial charge in [0.2, 0.25) is 0 Å². The highest BCUT2D eigenvalue weighted by Crippen LogP contribution is 2.16. The highest BCUT2D eigenvalue weighted by Gasteiger charge is 1.98. The van der Waals surface area contributed by atoms with Gasteiger partial charge in [0.15, 0.2) is 0 Å². The predicted molar refractivity (Wildman–Crippen MR) is 97.4 cm³/mol. The Balaban J connectivity index is 0.000000140. The monoisotopic (exact) mass is 298 g/mol. The van der Waals surface area contributed by atoms with E-state index in [-0.39, 0.29) is 0 Å². The van der Waals surface area contributed by atoms with Gasteiger partial charge in [0, 0.05) is 29.6 Å². The summed E-state index contributed by atoms with van der Waals surface area (Å²) in [7, 11) is 0. The van der Waals surface area contributed by atoms with Gasteiger partial charge in [0.1, 0.15) is 0 Å². The molecule has 23 heavy (non-hydrogen) atoms. The van der Waals surface area contributed by atoms with Crippen molar-refractivity contribution in [3.8, 4) is 0 Å². The zero-order chi connectivity index (χ0) is 15.9. The maximum Gasteiger partial charge on any atom is 0.0701 e. The SMILES string of the molecule is C=CCc1nccc2ccccc12.c1ccc2ncccc2c1. The van der Waals surface area contributed by atoms with Crippen LogP contribution in [0.4, 0.5) is 0 Å². The van der Waals surface area contributed by atoms with Gasteiger partial charge in [-0.25, -0.2) is 0 Å². The molecule has 0 unspecified atom stereocenters. The van der Waals surface area contributed by atoms with Crippen LogP contribution >= 0.6 is 0 Å². The number of aromatic nitrogens is 2. The summed E-state index contributed by atoms with van der Waals surface area (Å²) in [5.74, 6) is 0. The summed E-state index contributed by atoms with van der Waals surface area (Å²) >= 11 is 0.